The van der Waals surface area contributed by atoms with Crippen molar-refractivity contribution in [2.75, 3.05) is 18.5 Å². The molecule has 0 spiro atoms. The van der Waals surface area contributed by atoms with E-state index >= 15 is 0 Å². The summed E-state index contributed by atoms with van der Waals surface area (Å²) in [5, 5.41) is 9.23. The summed E-state index contributed by atoms with van der Waals surface area (Å²) in [6.07, 6.45) is -2.84. The third-order valence-corrected chi connectivity index (χ3v) is 3.63. The van der Waals surface area contributed by atoms with Crippen molar-refractivity contribution in [3.8, 4) is 0 Å². The predicted octanol–water partition coefficient (Wildman–Crippen LogP) is 2.44. The zero-order valence-electron chi connectivity index (χ0n) is 11.0. The maximum absolute atomic E-state index is 13.4. The summed E-state index contributed by atoms with van der Waals surface area (Å²) in [4.78, 5) is 29.2. The number of hydrogen-bond donors (Lipinski definition) is 1. The van der Waals surface area contributed by atoms with Gasteiger partial charge in [-0.2, -0.15) is 0 Å². The summed E-state index contributed by atoms with van der Waals surface area (Å²) in [5.74, 6) is -0.545. The average Bonchev–Trinajstić information content (AvgIpc) is 2.78. The van der Waals surface area contributed by atoms with Gasteiger partial charge in [-0.05, 0) is 12.1 Å². The Morgan fingerprint density at radius 2 is 2.00 bits per heavy atom. The Bertz CT molecular complexity index is 567. The van der Waals surface area contributed by atoms with Crippen LogP contribution in [0.2, 0.25) is 10.3 Å². The molecule has 114 valence electrons. The lowest BCUT2D eigenvalue weighted by atomic mass is 10.2. The summed E-state index contributed by atoms with van der Waals surface area (Å²) in [5.41, 5.74) is 0.359. The highest BCUT2D eigenvalue weighted by Crippen LogP contribution is 2.26. The quantitative estimate of drug-likeness (QED) is 0.842. The molecule has 1 fully saturated rings. The molecule has 0 saturated carbocycles. The fraction of sp³-hybridized carbons (Fsp3) is 0.417. The number of anilines is 1. The van der Waals surface area contributed by atoms with Crippen molar-refractivity contribution in [2.45, 2.75) is 18.6 Å². The Kier molecular flexibility index (Phi) is 4.53. The summed E-state index contributed by atoms with van der Waals surface area (Å²) in [7, 11) is 1.44. The second-order valence-electron chi connectivity index (χ2n) is 4.65. The van der Waals surface area contributed by atoms with Crippen molar-refractivity contribution in [3.63, 3.8) is 0 Å². The Hall–Kier alpha value is -1.60. The zero-order valence-corrected chi connectivity index (χ0v) is 12.5. The molecule has 1 aromatic rings. The van der Waals surface area contributed by atoms with Gasteiger partial charge in [-0.1, -0.05) is 23.2 Å². The average molecular weight is 336 g/mol. The number of aromatic nitrogens is 1. The van der Waals surface area contributed by atoms with Crippen molar-refractivity contribution in [1.29, 1.82) is 0 Å². The second-order valence-corrected chi connectivity index (χ2v) is 5.43. The predicted molar refractivity (Wildman–Crippen MR) is 75.7 cm³/mol. The molecule has 1 saturated heterocycles. The van der Waals surface area contributed by atoms with Crippen LogP contribution in [0.1, 0.15) is 6.42 Å². The molecule has 0 bridgehead atoms. The molecule has 2 heterocycles. The number of halogens is 3. The van der Waals surface area contributed by atoms with Crippen LogP contribution in [-0.4, -0.2) is 52.8 Å². The van der Waals surface area contributed by atoms with Crippen molar-refractivity contribution in [3.05, 3.63) is 22.4 Å². The SMILES string of the molecule is CN(C(=O)[C@@H]1C[C@@H](F)CN1C(=O)O)c1cc(Cl)nc(Cl)c1. The molecule has 9 heteroatoms. The number of pyridine rings is 1. The molecule has 2 amide bonds. The fourth-order valence-electron chi connectivity index (χ4n) is 2.23. The van der Waals surface area contributed by atoms with Crippen LogP contribution in [0.4, 0.5) is 14.9 Å². The van der Waals surface area contributed by atoms with Crippen LogP contribution >= 0.6 is 23.2 Å². The number of likely N-dealkylation sites (tertiary alicyclic amines) is 1. The van der Waals surface area contributed by atoms with Crippen molar-refractivity contribution < 1.29 is 19.1 Å². The van der Waals surface area contributed by atoms with E-state index in [-0.39, 0.29) is 23.3 Å². The highest BCUT2D eigenvalue weighted by molar-refractivity contribution is 6.33. The highest BCUT2D eigenvalue weighted by Gasteiger charge is 2.41. The molecule has 1 N–H and O–H groups in total. The number of carbonyl (C=O) groups is 2. The highest BCUT2D eigenvalue weighted by atomic mass is 35.5. The Balaban J connectivity index is 2.24. The van der Waals surface area contributed by atoms with Gasteiger partial charge in [0.2, 0.25) is 5.91 Å². The lowest BCUT2D eigenvalue weighted by Crippen LogP contribution is -2.46. The maximum Gasteiger partial charge on any atom is 0.408 e. The molecule has 2 rings (SSSR count). The van der Waals surface area contributed by atoms with Gasteiger partial charge >= 0.3 is 6.09 Å². The lowest BCUT2D eigenvalue weighted by molar-refractivity contribution is -0.122. The second kappa shape index (κ2) is 6.03. The number of likely N-dealkylation sites (N-methyl/N-ethyl adjacent to an activating group) is 1. The summed E-state index contributed by atoms with van der Waals surface area (Å²) >= 11 is 11.5. The van der Waals surface area contributed by atoms with Crippen molar-refractivity contribution in [2.24, 2.45) is 0 Å². The van der Waals surface area contributed by atoms with E-state index in [2.05, 4.69) is 4.98 Å². The number of carbonyl (C=O) groups excluding carboxylic acids is 1. The smallest absolute Gasteiger partial charge is 0.408 e. The fourth-order valence-corrected chi connectivity index (χ4v) is 2.68. The Morgan fingerprint density at radius 1 is 1.43 bits per heavy atom. The monoisotopic (exact) mass is 335 g/mol. The minimum absolute atomic E-state index is 0.0991. The number of rotatable bonds is 2. The van der Waals surface area contributed by atoms with Crippen molar-refractivity contribution in [1.82, 2.24) is 9.88 Å². The number of alkyl halides is 1. The van der Waals surface area contributed by atoms with Crippen molar-refractivity contribution >= 4 is 40.9 Å². The first-order valence-electron chi connectivity index (χ1n) is 6.04. The van der Waals surface area contributed by atoms with E-state index in [0.717, 1.165) is 4.90 Å². The zero-order chi connectivity index (χ0) is 15.7. The summed E-state index contributed by atoms with van der Waals surface area (Å²) in [6.45, 7) is -0.308. The van der Waals surface area contributed by atoms with Crippen LogP contribution in [0.25, 0.3) is 0 Å². The largest absolute Gasteiger partial charge is 0.465 e. The number of nitrogens with zero attached hydrogens (tertiary/aromatic N) is 3. The van der Waals surface area contributed by atoms with Crippen LogP contribution in [0, 0.1) is 0 Å². The molecule has 1 aliphatic heterocycles. The first-order chi connectivity index (χ1) is 9.79. The minimum atomic E-state index is -1.35. The van der Waals surface area contributed by atoms with E-state index in [1.165, 1.54) is 24.1 Å². The lowest BCUT2D eigenvalue weighted by Gasteiger charge is -2.26. The van der Waals surface area contributed by atoms with E-state index in [4.69, 9.17) is 28.3 Å². The number of carboxylic acid groups (broad SMARTS) is 1. The van der Waals surface area contributed by atoms with Gasteiger partial charge < -0.3 is 10.0 Å². The first kappa shape index (κ1) is 15.8. The van der Waals surface area contributed by atoms with Gasteiger partial charge in [-0.3, -0.25) is 9.69 Å². The Labute approximate surface area is 130 Å². The molecule has 1 aromatic heterocycles. The van der Waals surface area contributed by atoms with E-state index in [0.29, 0.717) is 5.69 Å². The molecule has 0 aromatic carbocycles. The summed E-state index contributed by atoms with van der Waals surface area (Å²) < 4.78 is 13.4. The van der Waals surface area contributed by atoms with Gasteiger partial charge in [-0.15, -0.1) is 0 Å². The summed E-state index contributed by atoms with van der Waals surface area (Å²) in [6, 6.07) is 1.77. The maximum atomic E-state index is 13.4. The molecule has 21 heavy (non-hydrogen) atoms. The van der Waals surface area contributed by atoms with Gasteiger partial charge in [-0.25, -0.2) is 14.2 Å². The minimum Gasteiger partial charge on any atom is -0.465 e. The van der Waals surface area contributed by atoms with Gasteiger partial charge in [0, 0.05) is 19.2 Å². The van der Waals surface area contributed by atoms with Gasteiger partial charge in [0.25, 0.3) is 0 Å². The normalized spacial score (nSPS) is 21.4. The molecule has 1 aliphatic rings. The molecule has 0 unspecified atom stereocenters. The topological polar surface area (TPSA) is 73.7 Å². The molecule has 0 aliphatic carbocycles. The molecule has 2 atom stereocenters. The Morgan fingerprint density at radius 3 is 2.52 bits per heavy atom. The number of hydrogen-bond acceptors (Lipinski definition) is 3. The van der Waals surface area contributed by atoms with E-state index < -0.39 is 24.2 Å². The third kappa shape index (κ3) is 3.36. The van der Waals surface area contributed by atoms with Gasteiger partial charge in [0.05, 0.1) is 6.54 Å². The van der Waals surface area contributed by atoms with Crippen LogP contribution in [0.3, 0.4) is 0 Å². The van der Waals surface area contributed by atoms with E-state index in [1.807, 2.05) is 0 Å². The van der Waals surface area contributed by atoms with Crippen LogP contribution in [-0.2, 0) is 4.79 Å². The third-order valence-electron chi connectivity index (χ3n) is 3.25. The van der Waals surface area contributed by atoms with Crippen LogP contribution < -0.4 is 4.90 Å². The molecule has 6 nitrogen and oxygen atoms in total. The van der Waals surface area contributed by atoms with E-state index in [9.17, 15) is 14.0 Å². The van der Waals surface area contributed by atoms with E-state index in [1.54, 1.807) is 0 Å². The van der Waals surface area contributed by atoms with Crippen LogP contribution in [0.5, 0.6) is 0 Å². The van der Waals surface area contributed by atoms with Gasteiger partial charge in [0.1, 0.15) is 22.5 Å². The number of amides is 2. The first-order valence-corrected chi connectivity index (χ1v) is 6.79. The molecule has 0 radical (unpaired) electrons. The van der Waals surface area contributed by atoms with Gasteiger partial charge in [0.15, 0.2) is 0 Å². The standard InChI is InChI=1S/C12H12Cl2FN3O3/c1-17(7-3-9(13)16-10(14)4-7)11(19)8-2-6(15)5-18(8)12(20)21/h3-4,6,8H,2,5H2,1H3,(H,20,21)/t6-,8+/m1/s1. The molecular formula is C12H12Cl2FN3O3. The van der Waals surface area contributed by atoms with Crippen LogP contribution in [0.15, 0.2) is 12.1 Å². The molecular weight excluding hydrogens is 324 g/mol.